The van der Waals surface area contributed by atoms with Crippen LogP contribution in [0.25, 0.3) is 22.3 Å². The molecule has 5 heteroatoms. The predicted octanol–water partition coefficient (Wildman–Crippen LogP) is 4.23. The maximum absolute atomic E-state index is 4.66. The van der Waals surface area contributed by atoms with Crippen LogP contribution in [0.1, 0.15) is 0 Å². The van der Waals surface area contributed by atoms with Crippen molar-refractivity contribution in [2.45, 2.75) is 0 Å². The normalized spacial score (nSPS) is 10.5. The Hall–Kier alpha value is -2.59. The fourth-order valence-electron chi connectivity index (χ4n) is 2.38. The Morgan fingerprint density at radius 3 is 2.52 bits per heavy atom. The van der Waals surface area contributed by atoms with Crippen molar-refractivity contribution in [1.29, 1.82) is 0 Å². The smallest absolute Gasteiger partial charge is 0.160 e. The fourth-order valence-corrected chi connectivity index (χ4v) is 2.38. The van der Waals surface area contributed by atoms with Crippen LogP contribution in [0.5, 0.6) is 0 Å². The summed E-state index contributed by atoms with van der Waals surface area (Å²) in [6.45, 7) is 0. The number of aromatic nitrogens is 3. The van der Waals surface area contributed by atoms with Crippen molar-refractivity contribution >= 4 is 34.8 Å². The highest BCUT2D eigenvalue weighted by molar-refractivity contribution is 5.98. The van der Waals surface area contributed by atoms with Gasteiger partial charge >= 0.3 is 0 Å². The Bertz CT molecular complexity index is 841. The van der Waals surface area contributed by atoms with Crippen LogP contribution < -0.4 is 5.32 Å². The minimum atomic E-state index is 0. The topological polar surface area (TPSA) is 53.6 Å². The second kappa shape index (κ2) is 5.42. The third-order valence-electron chi connectivity index (χ3n) is 3.31. The highest BCUT2D eigenvalue weighted by Gasteiger charge is 2.16. The molecule has 0 aromatic heterocycles. The van der Waals surface area contributed by atoms with Crippen molar-refractivity contribution in [2.75, 3.05) is 5.32 Å². The number of para-hydroxylation sites is 2. The van der Waals surface area contributed by atoms with Gasteiger partial charge in [-0.3, -0.25) is 0 Å². The first-order valence-electron chi connectivity index (χ1n) is 6.46. The van der Waals surface area contributed by atoms with Crippen molar-refractivity contribution in [1.82, 2.24) is 15.0 Å². The van der Waals surface area contributed by atoms with Crippen molar-refractivity contribution < 1.29 is 0 Å². The first kappa shape index (κ1) is 13.4. The number of H-pyrrole nitrogens is 1. The molecule has 2 N–H and O–H groups in total. The van der Waals surface area contributed by atoms with E-state index in [1.165, 1.54) is 0 Å². The third-order valence-corrected chi connectivity index (χ3v) is 3.31. The lowest BCUT2D eigenvalue weighted by Gasteiger charge is -2.08. The third kappa shape index (κ3) is 2.30. The average Bonchev–Trinajstić information content (AvgIpc) is 2.88. The van der Waals surface area contributed by atoms with Gasteiger partial charge in [-0.2, -0.15) is 0 Å². The lowest BCUT2D eigenvalue weighted by Crippen LogP contribution is -1.98. The van der Waals surface area contributed by atoms with Crippen LogP contribution in [-0.2, 0) is 0 Å². The van der Waals surface area contributed by atoms with Gasteiger partial charge in [-0.05, 0) is 18.2 Å². The molecule has 4 nitrogen and oxygen atoms in total. The molecule has 0 fully saturated rings. The van der Waals surface area contributed by atoms with Gasteiger partial charge in [0.2, 0.25) is 0 Å². The Morgan fingerprint density at radius 2 is 1.67 bits per heavy atom. The van der Waals surface area contributed by atoms with Crippen LogP contribution in [0.2, 0.25) is 0 Å². The lowest BCUT2D eigenvalue weighted by molar-refractivity contribution is 1.16. The Balaban J connectivity index is 0.00000132. The largest absolute Gasteiger partial charge is 0.344 e. The lowest BCUT2D eigenvalue weighted by atomic mass is 10.2. The van der Waals surface area contributed by atoms with E-state index < -0.39 is 0 Å². The summed E-state index contributed by atoms with van der Waals surface area (Å²) in [5.74, 6) is 0.765. The molecule has 0 atom stereocenters. The number of rotatable bonds is 2. The van der Waals surface area contributed by atoms with E-state index in [0.29, 0.717) is 0 Å². The molecule has 0 amide bonds. The summed E-state index contributed by atoms with van der Waals surface area (Å²) in [4.78, 5) is 12.2. The van der Waals surface area contributed by atoms with E-state index in [1.807, 2.05) is 48.5 Å². The van der Waals surface area contributed by atoms with Crippen molar-refractivity contribution in [3.8, 4) is 11.4 Å². The second-order valence-electron chi connectivity index (χ2n) is 4.59. The van der Waals surface area contributed by atoms with Gasteiger partial charge in [0, 0.05) is 11.1 Å². The molecule has 2 heterocycles. The summed E-state index contributed by atoms with van der Waals surface area (Å²) >= 11 is 0. The summed E-state index contributed by atoms with van der Waals surface area (Å²) in [7, 11) is 0. The van der Waals surface area contributed by atoms with Gasteiger partial charge in [0.15, 0.2) is 5.82 Å². The molecule has 2 aliphatic rings. The van der Waals surface area contributed by atoms with E-state index in [4.69, 9.17) is 0 Å². The average molecular weight is 297 g/mol. The molecule has 0 bridgehead atoms. The molecule has 0 spiro atoms. The van der Waals surface area contributed by atoms with Crippen LogP contribution >= 0.6 is 12.4 Å². The quantitative estimate of drug-likeness (QED) is 0.582. The summed E-state index contributed by atoms with van der Waals surface area (Å²) < 4.78 is 0. The Kier molecular flexibility index (Phi) is 3.46. The van der Waals surface area contributed by atoms with E-state index in [1.54, 1.807) is 6.33 Å². The Labute approximate surface area is 128 Å². The number of fused-ring (bicyclic) bond motifs is 3. The summed E-state index contributed by atoms with van der Waals surface area (Å²) in [5, 5.41) is 4.43. The van der Waals surface area contributed by atoms with Crippen molar-refractivity contribution in [2.24, 2.45) is 0 Å². The number of halogens is 1. The molecule has 2 aliphatic heterocycles. The van der Waals surface area contributed by atoms with Gasteiger partial charge < -0.3 is 10.3 Å². The SMILES string of the molecule is Cl.c1ccc(Nc2nc[nH]c3c4ccccc4nc2-3)cc1. The molecule has 0 aliphatic carbocycles. The van der Waals surface area contributed by atoms with Crippen molar-refractivity contribution in [3.05, 3.63) is 60.9 Å². The van der Waals surface area contributed by atoms with Crippen LogP contribution in [0.15, 0.2) is 60.9 Å². The summed E-state index contributed by atoms with van der Waals surface area (Å²) in [6, 6.07) is 18.1. The monoisotopic (exact) mass is 296 g/mol. The van der Waals surface area contributed by atoms with Crippen LogP contribution in [0.3, 0.4) is 0 Å². The molecular weight excluding hydrogens is 284 g/mol. The zero-order chi connectivity index (χ0) is 13.4. The number of nitrogens with one attached hydrogen (secondary N) is 2. The molecule has 104 valence electrons. The van der Waals surface area contributed by atoms with Gasteiger partial charge in [-0.25, -0.2) is 9.97 Å². The highest BCUT2D eigenvalue weighted by atomic mass is 35.5. The number of aromatic amines is 1. The number of anilines is 2. The molecule has 0 unspecified atom stereocenters. The first-order valence-corrected chi connectivity index (χ1v) is 6.46. The van der Waals surface area contributed by atoms with E-state index in [-0.39, 0.29) is 12.4 Å². The number of hydrogen-bond acceptors (Lipinski definition) is 3. The number of hydrogen-bond donors (Lipinski definition) is 2. The molecule has 0 saturated heterocycles. The van der Waals surface area contributed by atoms with E-state index in [9.17, 15) is 0 Å². The minimum Gasteiger partial charge on any atom is -0.344 e. The summed E-state index contributed by atoms with van der Waals surface area (Å²) in [6.07, 6.45) is 1.70. The molecular formula is C16H13ClN4. The number of benzene rings is 2. The van der Waals surface area contributed by atoms with Crippen LogP contribution in [0.4, 0.5) is 11.5 Å². The molecule has 2 aromatic rings. The van der Waals surface area contributed by atoms with Gasteiger partial charge in [0.05, 0.1) is 17.5 Å². The van der Waals surface area contributed by atoms with Gasteiger partial charge in [0.1, 0.15) is 5.69 Å². The Morgan fingerprint density at radius 1 is 0.905 bits per heavy atom. The highest BCUT2D eigenvalue weighted by Crippen LogP contribution is 2.33. The van der Waals surface area contributed by atoms with Gasteiger partial charge in [-0.15, -0.1) is 12.4 Å². The minimum absolute atomic E-state index is 0. The molecule has 0 saturated carbocycles. The zero-order valence-electron chi connectivity index (χ0n) is 11.1. The standard InChI is InChI=1S/C16H12N4.ClH/c1-2-6-11(7-3-1)19-16-15-14(17-10-18-16)12-8-4-5-9-13(12)20-15;/h1-10,19H,(H,17,18);1H. The molecule has 4 rings (SSSR count). The maximum atomic E-state index is 4.66. The molecule has 21 heavy (non-hydrogen) atoms. The molecule has 2 aromatic carbocycles. The van der Waals surface area contributed by atoms with Crippen LogP contribution in [-0.4, -0.2) is 15.0 Å². The molecule has 0 radical (unpaired) electrons. The fraction of sp³-hybridized carbons (Fsp3) is 0. The second-order valence-corrected chi connectivity index (χ2v) is 4.59. The van der Waals surface area contributed by atoms with Gasteiger partial charge in [-0.1, -0.05) is 36.4 Å². The number of nitrogens with zero attached hydrogens (tertiary/aromatic N) is 2. The van der Waals surface area contributed by atoms with Crippen molar-refractivity contribution in [3.63, 3.8) is 0 Å². The van der Waals surface area contributed by atoms with Gasteiger partial charge in [0.25, 0.3) is 0 Å². The van der Waals surface area contributed by atoms with Crippen LogP contribution in [0, 0.1) is 0 Å². The zero-order valence-corrected chi connectivity index (χ0v) is 11.9. The van der Waals surface area contributed by atoms with E-state index >= 15 is 0 Å². The predicted molar refractivity (Wildman–Crippen MR) is 87.5 cm³/mol. The van der Waals surface area contributed by atoms with E-state index in [2.05, 4.69) is 26.3 Å². The summed E-state index contributed by atoms with van der Waals surface area (Å²) in [5.41, 5.74) is 3.84. The van der Waals surface area contributed by atoms with E-state index in [0.717, 1.165) is 33.8 Å². The first-order chi connectivity index (χ1) is 9.92. The maximum Gasteiger partial charge on any atom is 0.160 e.